The summed E-state index contributed by atoms with van der Waals surface area (Å²) in [5, 5.41) is 2.61. The number of hydrogen-bond donors (Lipinski definition) is 1. The Morgan fingerprint density at radius 2 is 1.89 bits per heavy atom. The summed E-state index contributed by atoms with van der Waals surface area (Å²) in [5.74, 6) is -1.22. The van der Waals surface area contributed by atoms with E-state index in [1.165, 1.54) is 0 Å². The van der Waals surface area contributed by atoms with E-state index < -0.39 is 12.0 Å². The largest absolute Gasteiger partial charge is 0.456 e. The summed E-state index contributed by atoms with van der Waals surface area (Å²) in [7, 11) is 0. The Morgan fingerprint density at radius 3 is 2.54 bits per heavy atom. The van der Waals surface area contributed by atoms with Gasteiger partial charge in [-0.3, -0.25) is 9.59 Å². The van der Waals surface area contributed by atoms with Gasteiger partial charge in [-0.05, 0) is 58.7 Å². The zero-order valence-electron chi connectivity index (χ0n) is 16.7. The summed E-state index contributed by atoms with van der Waals surface area (Å²) in [6, 6.07) is 8.59. The molecule has 1 aromatic heterocycles. The molecule has 1 fully saturated rings. The minimum Gasteiger partial charge on any atom is -0.456 e. The smallest absolute Gasteiger partial charge is 0.328 e. The van der Waals surface area contributed by atoms with Gasteiger partial charge in [0.05, 0.1) is 0 Å². The Balaban J connectivity index is 1.55. The summed E-state index contributed by atoms with van der Waals surface area (Å²) in [5.41, 5.74) is 3.99. The van der Waals surface area contributed by atoms with Gasteiger partial charge in [0.1, 0.15) is 6.04 Å². The number of nitrogens with one attached hydrogen (secondary N) is 1. The number of carbonyl (C=O) groups is 3. The van der Waals surface area contributed by atoms with Crippen molar-refractivity contribution in [2.75, 3.05) is 6.61 Å². The zero-order valence-corrected chi connectivity index (χ0v) is 16.7. The van der Waals surface area contributed by atoms with Crippen LogP contribution in [0.25, 0.3) is 0 Å². The van der Waals surface area contributed by atoms with E-state index in [9.17, 15) is 14.4 Å². The number of ether oxygens (including phenoxy) is 1. The Kier molecular flexibility index (Phi) is 5.68. The van der Waals surface area contributed by atoms with Gasteiger partial charge in [-0.2, -0.15) is 0 Å². The number of ketones is 1. The van der Waals surface area contributed by atoms with E-state index in [0.717, 1.165) is 29.8 Å². The van der Waals surface area contributed by atoms with Crippen LogP contribution in [0.2, 0.25) is 0 Å². The van der Waals surface area contributed by atoms with Gasteiger partial charge >= 0.3 is 5.97 Å². The summed E-state index contributed by atoms with van der Waals surface area (Å²) < 4.78 is 7.33. The van der Waals surface area contributed by atoms with Gasteiger partial charge in [-0.25, -0.2) is 4.79 Å². The van der Waals surface area contributed by atoms with Crippen LogP contribution in [0.4, 0.5) is 0 Å². The van der Waals surface area contributed by atoms with Crippen molar-refractivity contribution in [3.63, 3.8) is 0 Å². The number of amides is 1. The van der Waals surface area contributed by atoms with Gasteiger partial charge in [-0.15, -0.1) is 0 Å². The molecular weight excluding hydrogens is 356 g/mol. The highest BCUT2D eigenvalue weighted by Crippen LogP contribution is 2.38. The van der Waals surface area contributed by atoms with Gasteiger partial charge in [0, 0.05) is 28.6 Å². The second-order valence-electron chi connectivity index (χ2n) is 7.48. The van der Waals surface area contributed by atoms with Crippen molar-refractivity contribution in [2.45, 2.75) is 52.6 Å². The number of nitrogens with zero attached hydrogens (tertiary/aromatic N) is 1. The first-order chi connectivity index (χ1) is 13.3. The number of Topliss-reactive ketones (excluding diaryl/α,β-unsaturated/α-hetero) is 1. The number of esters is 1. The molecular formula is C22H26N2O4. The maximum Gasteiger partial charge on any atom is 0.328 e. The second kappa shape index (κ2) is 8.00. The maximum atomic E-state index is 12.5. The molecule has 1 atom stereocenters. The van der Waals surface area contributed by atoms with Crippen molar-refractivity contribution in [1.82, 2.24) is 9.88 Å². The molecule has 1 saturated carbocycles. The minimum absolute atomic E-state index is 0.231. The van der Waals surface area contributed by atoms with Crippen LogP contribution < -0.4 is 5.32 Å². The Morgan fingerprint density at radius 1 is 1.18 bits per heavy atom. The molecule has 0 aliphatic heterocycles. The van der Waals surface area contributed by atoms with Crippen molar-refractivity contribution in [3.8, 4) is 0 Å². The van der Waals surface area contributed by atoms with E-state index in [0.29, 0.717) is 17.2 Å². The molecule has 0 spiro atoms. The highest BCUT2D eigenvalue weighted by atomic mass is 16.5. The molecule has 148 valence electrons. The van der Waals surface area contributed by atoms with E-state index >= 15 is 0 Å². The summed E-state index contributed by atoms with van der Waals surface area (Å²) in [4.78, 5) is 36.9. The third kappa shape index (κ3) is 4.32. The predicted octanol–water partition coefficient (Wildman–Crippen LogP) is 3.29. The highest BCUT2D eigenvalue weighted by Gasteiger charge is 2.28. The Labute approximate surface area is 164 Å². The normalized spacial score (nSPS) is 14.4. The molecule has 0 radical (unpaired) electrons. The standard InChI is InChI=1S/C22H26N2O4/c1-13-6-5-7-17(10-13)21(26)23-15(3)22(27)28-12-20(25)19-11-14(2)24(16(19)4)18-8-9-18/h5-7,10-11,15,18H,8-9,12H2,1-4H3,(H,23,26)/t15-/m0/s1. The summed E-state index contributed by atoms with van der Waals surface area (Å²) in [6.45, 7) is 7.00. The van der Waals surface area contributed by atoms with Gasteiger partial charge in [0.2, 0.25) is 5.78 Å². The molecule has 6 heteroatoms. The number of hydrogen-bond acceptors (Lipinski definition) is 4. The summed E-state index contributed by atoms with van der Waals surface area (Å²) >= 11 is 0. The van der Waals surface area contributed by atoms with E-state index in [1.807, 2.05) is 32.9 Å². The molecule has 1 N–H and O–H groups in total. The van der Waals surface area contributed by atoms with Crippen LogP contribution >= 0.6 is 0 Å². The van der Waals surface area contributed by atoms with Crippen LogP contribution in [0.15, 0.2) is 30.3 Å². The first-order valence-electron chi connectivity index (χ1n) is 9.53. The van der Waals surface area contributed by atoms with Gasteiger partial charge in [-0.1, -0.05) is 17.7 Å². The molecule has 1 aromatic carbocycles. The van der Waals surface area contributed by atoms with Crippen molar-refractivity contribution < 1.29 is 19.1 Å². The number of rotatable bonds is 7. The third-order valence-electron chi connectivity index (χ3n) is 5.02. The maximum absolute atomic E-state index is 12.5. The van der Waals surface area contributed by atoms with Crippen LogP contribution in [0.5, 0.6) is 0 Å². The van der Waals surface area contributed by atoms with E-state index in [2.05, 4.69) is 9.88 Å². The molecule has 2 aromatic rings. The minimum atomic E-state index is -0.847. The van der Waals surface area contributed by atoms with Gasteiger partial charge in [0.15, 0.2) is 6.61 Å². The lowest BCUT2D eigenvalue weighted by Gasteiger charge is -2.13. The molecule has 0 unspecified atom stereocenters. The molecule has 28 heavy (non-hydrogen) atoms. The molecule has 1 aliphatic rings. The second-order valence-corrected chi connectivity index (χ2v) is 7.48. The predicted molar refractivity (Wildman–Crippen MR) is 106 cm³/mol. The zero-order chi connectivity index (χ0) is 20.4. The quantitative estimate of drug-likeness (QED) is 0.589. The fourth-order valence-corrected chi connectivity index (χ4v) is 3.42. The first-order valence-corrected chi connectivity index (χ1v) is 9.53. The lowest BCUT2D eigenvalue weighted by atomic mass is 10.1. The first kappa shape index (κ1) is 19.9. The van der Waals surface area contributed by atoms with E-state index in [-0.39, 0.29) is 18.3 Å². The number of aromatic nitrogens is 1. The van der Waals surface area contributed by atoms with E-state index in [1.54, 1.807) is 25.1 Å². The fraction of sp³-hybridized carbons (Fsp3) is 0.409. The topological polar surface area (TPSA) is 77.4 Å². The molecule has 0 saturated heterocycles. The van der Waals surface area contributed by atoms with Crippen LogP contribution in [0, 0.1) is 20.8 Å². The molecule has 3 rings (SSSR count). The molecule has 1 aliphatic carbocycles. The van der Waals surface area contributed by atoms with Crippen LogP contribution in [-0.4, -0.2) is 34.9 Å². The Bertz CT molecular complexity index is 925. The SMILES string of the molecule is Cc1cccc(C(=O)N[C@@H](C)C(=O)OCC(=O)c2cc(C)n(C3CC3)c2C)c1. The molecule has 1 heterocycles. The number of benzene rings is 1. The van der Waals surface area contributed by atoms with Crippen molar-refractivity contribution in [2.24, 2.45) is 0 Å². The lowest BCUT2D eigenvalue weighted by Crippen LogP contribution is -2.40. The third-order valence-corrected chi connectivity index (χ3v) is 5.02. The van der Waals surface area contributed by atoms with Crippen LogP contribution in [-0.2, 0) is 9.53 Å². The average molecular weight is 382 g/mol. The van der Waals surface area contributed by atoms with Crippen LogP contribution in [0.1, 0.15) is 63.5 Å². The average Bonchev–Trinajstić information content (AvgIpc) is 3.44. The fourth-order valence-electron chi connectivity index (χ4n) is 3.42. The van der Waals surface area contributed by atoms with Crippen molar-refractivity contribution in [1.29, 1.82) is 0 Å². The summed E-state index contributed by atoms with van der Waals surface area (Å²) in [6.07, 6.45) is 2.27. The molecule has 6 nitrogen and oxygen atoms in total. The van der Waals surface area contributed by atoms with Crippen molar-refractivity contribution in [3.05, 3.63) is 58.4 Å². The number of carbonyl (C=O) groups excluding carboxylic acids is 3. The molecule has 1 amide bonds. The van der Waals surface area contributed by atoms with E-state index in [4.69, 9.17) is 4.74 Å². The van der Waals surface area contributed by atoms with Gasteiger partial charge in [0.25, 0.3) is 5.91 Å². The van der Waals surface area contributed by atoms with Crippen molar-refractivity contribution >= 4 is 17.7 Å². The molecule has 0 bridgehead atoms. The monoisotopic (exact) mass is 382 g/mol. The van der Waals surface area contributed by atoms with Crippen LogP contribution in [0.3, 0.4) is 0 Å². The lowest BCUT2D eigenvalue weighted by molar-refractivity contribution is -0.144. The van der Waals surface area contributed by atoms with Gasteiger partial charge < -0.3 is 14.6 Å². The Hall–Kier alpha value is -2.89. The number of aryl methyl sites for hydroxylation is 2. The highest BCUT2D eigenvalue weighted by molar-refractivity contribution is 6.00.